The van der Waals surface area contributed by atoms with Gasteiger partial charge in [0.2, 0.25) is 5.91 Å². The van der Waals surface area contributed by atoms with Crippen molar-refractivity contribution < 1.29 is 4.79 Å². The van der Waals surface area contributed by atoms with Gasteiger partial charge < -0.3 is 15.5 Å². The van der Waals surface area contributed by atoms with Gasteiger partial charge in [0.05, 0.1) is 6.54 Å². The van der Waals surface area contributed by atoms with E-state index in [-0.39, 0.29) is 11.9 Å². The Kier molecular flexibility index (Phi) is 8.69. The molecule has 1 aromatic carbocycles. The van der Waals surface area contributed by atoms with Crippen molar-refractivity contribution in [1.29, 1.82) is 0 Å². The number of nitrogens with zero attached hydrogens (tertiary/aromatic N) is 2. The number of carbonyl (C=O) groups excluding carboxylic acids is 1. The maximum atomic E-state index is 11.7. The van der Waals surface area contributed by atoms with Crippen LogP contribution < -0.4 is 10.6 Å². The smallest absolute Gasteiger partial charge is 0.222 e. The van der Waals surface area contributed by atoms with Gasteiger partial charge >= 0.3 is 0 Å². The van der Waals surface area contributed by atoms with E-state index < -0.39 is 0 Å². The predicted octanol–water partition coefficient (Wildman–Crippen LogP) is 2.76. The molecule has 1 amide bonds. The largest absolute Gasteiger partial charge is 0.357 e. The number of hydrogen-bond acceptors (Lipinski definition) is 2. The van der Waals surface area contributed by atoms with Gasteiger partial charge in [0, 0.05) is 37.1 Å². The molecule has 1 aromatic rings. The van der Waals surface area contributed by atoms with Crippen LogP contribution in [0.2, 0.25) is 0 Å². The topological polar surface area (TPSA) is 56.7 Å². The first-order chi connectivity index (χ1) is 10.9. The van der Waals surface area contributed by atoms with E-state index in [1.54, 1.807) is 0 Å². The van der Waals surface area contributed by atoms with Gasteiger partial charge in [0.1, 0.15) is 0 Å². The summed E-state index contributed by atoms with van der Waals surface area (Å²) in [5.41, 5.74) is 1.19. The molecule has 0 aliphatic rings. The van der Waals surface area contributed by atoms with Crippen molar-refractivity contribution in [2.75, 3.05) is 20.1 Å². The lowest BCUT2D eigenvalue weighted by atomic mass is 10.2. The molecule has 2 N–H and O–H groups in total. The summed E-state index contributed by atoms with van der Waals surface area (Å²) >= 11 is 3.57. The highest BCUT2D eigenvalue weighted by molar-refractivity contribution is 9.10. The van der Waals surface area contributed by atoms with Crippen molar-refractivity contribution in [1.82, 2.24) is 15.5 Å². The van der Waals surface area contributed by atoms with Crippen LogP contribution in [-0.4, -0.2) is 42.9 Å². The number of aliphatic imine (C=N–C) groups is 1. The van der Waals surface area contributed by atoms with Crippen LogP contribution in [0.1, 0.15) is 32.8 Å². The van der Waals surface area contributed by atoms with Crippen molar-refractivity contribution in [2.24, 2.45) is 4.99 Å². The number of nitrogens with one attached hydrogen (secondary N) is 2. The Bertz CT molecular complexity index is 531. The van der Waals surface area contributed by atoms with Crippen LogP contribution in [0.4, 0.5) is 0 Å². The molecular formula is C17H27BrN4O. The highest BCUT2D eigenvalue weighted by Gasteiger charge is 2.09. The summed E-state index contributed by atoms with van der Waals surface area (Å²) in [4.78, 5) is 18.3. The lowest BCUT2D eigenvalue weighted by Gasteiger charge is -2.22. The summed E-state index contributed by atoms with van der Waals surface area (Å²) in [5.74, 6) is 0.841. The molecule has 0 aliphatic carbocycles. The van der Waals surface area contributed by atoms with Crippen molar-refractivity contribution in [2.45, 2.75) is 39.8 Å². The van der Waals surface area contributed by atoms with Crippen molar-refractivity contribution in [3.8, 4) is 0 Å². The fourth-order valence-corrected chi connectivity index (χ4v) is 2.49. The second-order valence-electron chi connectivity index (χ2n) is 5.66. The Labute approximate surface area is 147 Å². The first-order valence-electron chi connectivity index (χ1n) is 7.96. The van der Waals surface area contributed by atoms with Crippen LogP contribution in [0.5, 0.6) is 0 Å². The lowest BCUT2D eigenvalue weighted by molar-refractivity contribution is -0.121. The molecule has 0 unspecified atom stereocenters. The molecule has 0 saturated carbocycles. The highest BCUT2D eigenvalue weighted by atomic mass is 79.9. The molecule has 128 valence electrons. The number of amides is 1. The first-order valence-corrected chi connectivity index (χ1v) is 8.75. The van der Waals surface area contributed by atoms with Gasteiger partial charge in [-0.1, -0.05) is 34.1 Å². The number of hydrogen-bond donors (Lipinski definition) is 2. The van der Waals surface area contributed by atoms with E-state index in [4.69, 9.17) is 0 Å². The van der Waals surface area contributed by atoms with Gasteiger partial charge in [0.25, 0.3) is 0 Å². The van der Waals surface area contributed by atoms with E-state index in [1.807, 2.05) is 46.0 Å². The van der Waals surface area contributed by atoms with Gasteiger partial charge in [-0.05, 0) is 32.4 Å². The molecule has 0 aliphatic heterocycles. The van der Waals surface area contributed by atoms with E-state index >= 15 is 0 Å². The third-order valence-corrected chi connectivity index (χ3v) is 3.89. The van der Waals surface area contributed by atoms with E-state index in [1.165, 1.54) is 5.56 Å². The molecule has 0 spiro atoms. The Morgan fingerprint density at radius 1 is 1.35 bits per heavy atom. The summed E-state index contributed by atoms with van der Waals surface area (Å²) in [6, 6.07) is 8.30. The number of guanidine groups is 1. The van der Waals surface area contributed by atoms with Crippen LogP contribution in [0.25, 0.3) is 0 Å². The van der Waals surface area contributed by atoms with Gasteiger partial charge in [0.15, 0.2) is 5.96 Å². The maximum absolute atomic E-state index is 11.7. The van der Waals surface area contributed by atoms with Gasteiger partial charge in [-0.3, -0.25) is 9.79 Å². The number of carbonyl (C=O) groups is 1. The molecular weight excluding hydrogens is 356 g/mol. The molecule has 0 heterocycles. The second kappa shape index (κ2) is 10.3. The van der Waals surface area contributed by atoms with Gasteiger partial charge in [-0.15, -0.1) is 0 Å². The van der Waals surface area contributed by atoms with Crippen molar-refractivity contribution >= 4 is 27.8 Å². The quantitative estimate of drug-likeness (QED) is 0.562. The van der Waals surface area contributed by atoms with Crippen LogP contribution in [0.3, 0.4) is 0 Å². The Hall–Kier alpha value is -1.56. The van der Waals surface area contributed by atoms with E-state index in [9.17, 15) is 4.79 Å². The van der Waals surface area contributed by atoms with Crippen molar-refractivity contribution in [3.05, 3.63) is 34.3 Å². The number of benzene rings is 1. The maximum Gasteiger partial charge on any atom is 0.222 e. The van der Waals surface area contributed by atoms with Crippen LogP contribution in [-0.2, 0) is 11.3 Å². The lowest BCUT2D eigenvalue weighted by Crippen LogP contribution is -2.39. The van der Waals surface area contributed by atoms with Crippen molar-refractivity contribution in [3.63, 3.8) is 0 Å². The minimum absolute atomic E-state index is 0.0352. The molecule has 0 saturated heterocycles. The van der Waals surface area contributed by atoms with Crippen LogP contribution >= 0.6 is 15.9 Å². The van der Waals surface area contributed by atoms with Crippen LogP contribution in [0.15, 0.2) is 33.7 Å². The zero-order valence-electron chi connectivity index (χ0n) is 14.4. The summed E-state index contributed by atoms with van der Waals surface area (Å²) in [6.07, 6.45) is 0.399. The third kappa shape index (κ3) is 7.50. The zero-order chi connectivity index (χ0) is 17.2. The first kappa shape index (κ1) is 19.5. The van der Waals surface area contributed by atoms with E-state index in [0.717, 1.165) is 23.5 Å². The Morgan fingerprint density at radius 3 is 2.65 bits per heavy atom. The molecule has 5 nitrogen and oxygen atoms in total. The van der Waals surface area contributed by atoms with E-state index in [2.05, 4.69) is 42.5 Å². The fourth-order valence-electron chi connectivity index (χ4n) is 2.08. The minimum Gasteiger partial charge on any atom is -0.357 e. The summed E-state index contributed by atoms with van der Waals surface area (Å²) in [5, 5.41) is 6.14. The Balaban J connectivity index is 2.63. The fraction of sp³-hybridized carbons (Fsp3) is 0.529. The summed E-state index contributed by atoms with van der Waals surface area (Å²) in [7, 11) is 2.00. The molecule has 1 rings (SSSR count). The summed E-state index contributed by atoms with van der Waals surface area (Å²) in [6.45, 7) is 7.95. The molecule has 0 aromatic heterocycles. The monoisotopic (exact) mass is 382 g/mol. The standard InChI is InChI=1S/C17H27BrN4O/c1-5-19-17(20-11-10-16(23)21-13(2)3)22(4)12-14-8-6-7-9-15(14)18/h6-9,13H,5,10-12H2,1-4H3,(H,19,20)(H,21,23). The SMILES string of the molecule is CCNC(=NCCC(=O)NC(C)C)N(C)Cc1ccccc1Br. The highest BCUT2D eigenvalue weighted by Crippen LogP contribution is 2.17. The molecule has 6 heteroatoms. The zero-order valence-corrected chi connectivity index (χ0v) is 16.0. The predicted molar refractivity (Wildman–Crippen MR) is 99.5 cm³/mol. The molecule has 0 radical (unpaired) electrons. The summed E-state index contributed by atoms with van der Waals surface area (Å²) < 4.78 is 1.08. The normalized spacial score (nSPS) is 11.5. The van der Waals surface area contributed by atoms with Gasteiger partial charge in [-0.25, -0.2) is 0 Å². The molecule has 23 heavy (non-hydrogen) atoms. The van der Waals surface area contributed by atoms with Gasteiger partial charge in [-0.2, -0.15) is 0 Å². The second-order valence-corrected chi connectivity index (χ2v) is 6.51. The molecule has 0 fully saturated rings. The number of halogens is 1. The van der Waals surface area contributed by atoms with E-state index in [0.29, 0.717) is 13.0 Å². The Morgan fingerprint density at radius 2 is 2.04 bits per heavy atom. The average Bonchev–Trinajstić information content (AvgIpc) is 2.48. The number of rotatable bonds is 7. The van der Waals surface area contributed by atoms with Crippen LogP contribution in [0, 0.1) is 0 Å². The average molecular weight is 383 g/mol. The third-order valence-electron chi connectivity index (χ3n) is 3.11. The molecule has 0 atom stereocenters. The molecule has 0 bridgehead atoms. The minimum atomic E-state index is 0.0352.